The Labute approximate surface area is 75.5 Å². The summed E-state index contributed by atoms with van der Waals surface area (Å²) in [6, 6.07) is 1.60. The molecule has 1 aromatic rings. The van der Waals surface area contributed by atoms with Gasteiger partial charge in [-0.05, 0) is 0 Å². The molecule has 4 nitrogen and oxygen atoms in total. The van der Waals surface area contributed by atoms with E-state index in [2.05, 4.69) is 9.97 Å². The number of halogens is 1. The van der Waals surface area contributed by atoms with Crippen LogP contribution in [-0.4, -0.2) is 24.2 Å². The highest BCUT2D eigenvalue weighted by molar-refractivity contribution is 6.29. The monoisotopic (exact) mass is 188 g/mol. The van der Waals surface area contributed by atoms with Gasteiger partial charge in [0.15, 0.2) is 0 Å². The van der Waals surface area contributed by atoms with Crippen molar-refractivity contribution >= 4 is 11.6 Å². The largest absolute Gasteiger partial charge is 0.350 e. The normalized spacial score (nSPS) is 10.7. The summed E-state index contributed by atoms with van der Waals surface area (Å²) in [5.41, 5.74) is 0.611. The molecule has 0 amide bonds. The molecule has 12 heavy (non-hydrogen) atoms. The molecule has 0 saturated heterocycles. The number of ether oxygens (including phenoxy) is 2. The Balaban J connectivity index is 2.85. The molecular formula is C7H9ClN2O2. The van der Waals surface area contributed by atoms with Crippen LogP contribution in [0.25, 0.3) is 0 Å². The van der Waals surface area contributed by atoms with E-state index in [4.69, 9.17) is 21.1 Å². The molecule has 0 atom stereocenters. The Morgan fingerprint density at radius 2 is 2.00 bits per heavy atom. The zero-order valence-electron chi connectivity index (χ0n) is 6.82. The fourth-order valence-electron chi connectivity index (χ4n) is 0.814. The van der Waals surface area contributed by atoms with Gasteiger partial charge >= 0.3 is 0 Å². The number of nitrogens with zero attached hydrogens (tertiary/aromatic N) is 2. The van der Waals surface area contributed by atoms with E-state index in [0.717, 1.165) is 0 Å². The van der Waals surface area contributed by atoms with Crippen LogP contribution in [0.3, 0.4) is 0 Å². The van der Waals surface area contributed by atoms with Crippen LogP contribution >= 0.6 is 11.6 Å². The number of aromatic nitrogens is 2. The first-order chi connectivity index (χ1) is 5.77. The second kappa shape index (κ2) is 4.35. The molecule has 0 saturated carbocycles. The minimum absolute atomic E-state index is 0.374. The third-order valence-electron chi connectivity index (χ3n) is 1.32. The van der Waals surface area contributed by atoms with Crippen LogP contribution in [0.15, 0.2) is 12.4 Å². The van der Waals surface area contributed by atoms with Gasteiger partial charge in [0.2, 0.25) is 6.29 Å². The smallest absolute Gasteiger partial charge is 0.200 e. The van der Waals surface area contributed by atoms with Gasteiger partial charge in [0.1, 0.15) is 17.2 Å². The van der Waals surface area contributed by atoms with E-state index in [1.807, 2.05) is 0 Å². The maximum atomic E-state index is 5.64. The lowest BCUT2D eigenvalue weighted by molar-refractivity contribution is -0.108. The predicted molar refractivity (Wildman–Crippen MR) is 43.8 cm³/mol. The number of methoxy groups -OCH3 is 2. The van der Waals surface area contributed by atoms with Gasteiger partial charge in [-0.2, -0.15) is 0 Å². The van der Waals surface area contributed by atoms with Crippen molar-refractivity contribution in [2.75, 3.05) is 14.2 Å². The van der Waals surface area contributed by atoms with Crippen molar-refractivity contribution in [2.45, 2.75) is 6.29 Å². The quantitative estimate of drug-likeness (QED) is 0.532. The third kappa shape index (κ3) is 2.14. The van der Waals surface area contributed by atoms with E-state index in [1.54, 1.807) is 6.07 Å². The molecule has 0 radical (unpaired) electrons. The molecule has 0 bridgehead atoms. The van der Waals surface area contributed by atoms with Crippen molar-refractivity contribution < 1.29 is 9.47 Å². The van der Waals surface area contributed by atoms with Crippen LogP contribution in [0.2, 0.25) is 5.15 Å². The zero-order valence-corrected chi connectivity index (χ0v) is 7.58. The average Bonchev–Trinajstić information content (AvgIpc) is 2.07. The Hall–Kier alpha value is -0.710. The van der Waals surface area contributed by atoms with Crippen LogP contribution in [0.4, 0.5) is 0 Å². The average molecular weight is 189 g/mol. The molecule has 0 aliphatic heterocycles. The lowest BCUT2D eigenvalue weighted by Crippen LogP contribution is -2.05. The van der Waals surface area contributed by atoms with E-state index in [0.29, 0.717) is 10.8 Å². The van der Waals surface area contributed by atoms with Gasteiger partial charge in [0.25, 0.3) is 0 Å². The maximum Gasteiger partial charge on any atom is 0.200 e. The predicted octanol–water partition coefficient (Wildman–Crippen LogP) is 1.42. The van der Waals surface area contributed by atoms with E-state index in [1.165, 1.54) is 20.5 Å². The van der Waals surface area contributed by atoms with Gasteiger partial charge in [-0.15, -0.1) is 0 Å². The molecule has 0 aliphatic rings. The van der Waals surface area contributed by atoms with Crippen LogP contribution in [0, 0.1) is 0 Å². The second-order valence-electron chi connectivity index (χ2n) is 2.07. The summed E-state index contributed by atoms with van der Waals surface area (Å²) in [6.45, 7) is 0. The lowest BCUT2D eigenvalue weighted by atomic mass is 10.4. The summed E-state index contributed by atoms with van der Waals surface area (Å²) in [4.78, 5) is 7.67. The Kier molecular flexibility index (Phi) is 3.40. The number of rotatable bonds is 3. The van der Waals surface area contributed by atoms with Gasteiger partial charge in [0.05, 0.1) is 0 Å². The van der Waals surface area contributed by atoms with Gasteiger partial charge in [-0.3, -0.25) is 0 Å². The van der Waals surface area contributed by atoms with Crippen molar-refractivity contribution in [3.63, 3.8) is 0 Å². The van der Waals surface area contributed by atoms with E-state index < -0.39 is 6.29 Å². The first-order valence-electron chi connectivity index (χ1n) is 3.31. The van der Waals surface area contributed by atoms with Crippen LogP contribution < -0.4 is 0 Å². The highest BCUT2D eigenvalue weighted by Gasteiger charge is 2.10. The van der Waals surface area contributed by atoms with Crippen LogP contribution in [-0.2, 0) is 9.47 Å². The van der Waals surface area contributed by atoms with Gasteiger partial charge in [-0.25, -0.2) is 9.97 Å². The summed E-state index contributed by atoms with van der Waals surface area (Å²) in [5, 5.41) is 0.374. The fourth-order valence-corrected chi connectivity index (χ4v) is 0.969. The lowest BCUT2D eigenvalue weighted by Gasteiger charge is -2.11. The highest BCUT2D eigenvalue weighted by Crippen LogP contribution is 2.16. The summed E-state index contributed by atoms with van der Waals surface area (Å²) in [7, 11) is 3.06. The molecule has 1 rings (SSSR count). The second-order valence-corrected chi connectivity index (χ2v) is 2.46. The zero-order chi connectivity index (χ0) is 8.97. The van der Waals surface area contributed by atoms with Crippen LogP contribution in [0.5, 0.6) is 0 Å². The maximum absolute atomic E-state index is 5.64. The minimum Gasteiger partial charge on any atom is -0.350 e. The highest BCUT2D eigenvalue weighted by atomic mass is 35.5. The van der Waals surface area contributed by atoms with E-state index >= 15 is 0 Å². The summed E-state index contributed by atoms with van der Waals surface area (Å²) in [6.07, 6.45) is 0.883. The van der Waals surface area contributed by atoms with Crippen molar-refractivity contribution in [2.24, 2.45) is 0 Å². The van der Waals surface area contributed by atoms with Gasteiger partial charge in [0, 0.05) is 20.3 Å². The topological polar surface area (TPSA) is 44.2 Å². The molecule has 0 N–H and O–H groups in total. The molecule has 0 fully saturated rings. The van der Waals surface area contributed by atoms with E-state index in [9.17, 15) is 0 Å². The van der Waals surface area contributed by atoms with Crippen molar-refractivity contribution in [1.82, 2.24) is 9.97 Å². The van der Waals surface area contributed by atoms with Gasteiger partial charge < -0.3 is 9.47 Å². The molecule has 1 heterocycles. The Bertz CT molecular complexity index is 253. The van der Waals surface area contributed by atoms with Crippen molar-refractivity contribution in [3.05, 3.63) is 23.2 Å². The Morgan fingerprint density at radius 1 is 1.33 bits per heavy atom. The minimum atomic E-state index is -0.481. The standard InChI is InChI=1S/C7H9ClN2O2/c1-11-7(12-2)5-3-6(8)10-4-9-5/h3-4,7H,1-2H3. The van der Waals surface area contributed by atoms with Gasteiger partial charge in [-0.1, -0.05) is 11.6 Å². The molecule has 66 valence electrons. The van der Waals surface area contributed by atoms with E-state index in [-0.39, 0.29) is 0 Å². The van der Waals surface area contributed by atoms with Crippen molar-refractivity contribution in [1.29, 1.82) is 0 Å². The summed E-state index contributed by atoms with van der Waals surface area (Å²) >= 11 is 5.64. The fraction of sp³-hybridized carbons (Fsp3) is 0.429. The summed E-state index contributed by atoms with van der Waals surface area (Å²) in [5.74, 6) is 0. The molecule has 0 aromatic carbocycles. The molecule has 0 aliphatic carbocycles. The first kappa shape index (κ1) is 9.38. The third-order valence-corrected chi connectivity index (χ3v) is 1.53. The number of hydrogen-bond acceptors (Lipinski definition) is 4. The molecule has 0 unspecified atom stereocenters. The SMILES string of the molecule is COC(OC)c1cc(Cl)ncn1. The van der Waals surface area contributed by atoms with Crippen LogP contribution in [0.1, 0.15) is 12.0 Å². The van der Waals surface area contributed by atoms with Crippen molar-refractivity contribution in [3.8, 4) is 0 Å². The molecule has 5 heteroatoms. The molecule has 1 aromatic heterocycles. The Morgan fingerprint density at radius 3 is 2.50 bits per heavy atom. The summed E-state index contributed by atoms with van der Waals surface area (Å²) < 4.78 is 9.94. The molecule has 0 spiro atoms. The number of hydrogen-bond donors (Lipinski definition) is 0. The molecular weight excluding hydrogens is 180 g/mol. The first-order valence-corrected chi connectivity index (χ1v) is 3.68.